The van der Waals surface area contributed by atoms with E-state index < -0.39 is 0 Å². The second-order valence-corrected chi connectivity index (χ2v) is 7.36. The van der Waals surface area contributed by atoms with E-state index in [1.807, 2.05) is 12.1 Å². The van der Waals surface area contributed by atoms with Gasteiger partial charge in [-0.25, -0.2) is 4.98 Å². The van der Waals surface area contributed by atoms with Crippen LogP contribution in [0.5, 0.6) is 5.88 Å². The Balaban J connectivity index is 1.62. The van der Waals surface area contributed by atoms with Gasteiger partial charge >= 0.3 is 0 Å². The first-order valence-corrected chi connectivity index (χ1v) is 9.35. The molecule has 2 aromatic rings. The Morgan fingerprint density at radius 1 is 1.23 bits per heavy atom. The van der Waals surface area contributed by atoms with Crippen LogP contribution in [0.3, 0.4) is 0 Å². The maximum absolute atomic E-state index is 12.5. The first-order valence-electron chi connectivity index (χ1n) is 8.56. The Morgan fingerprint density at radius 2 is 1.92 bits per heavy atom. The van der Waals surface area contributed by atoms with Crippen molar-refractivity contribution in [2.75, 3.05) is 45.7 Å². The summed E-state index contributed by atoms with van der Waals surface area (Å²) in [5, 5.41) is 2.90. The van der Waals surface area contributed by atoms with Crippen molar-refractivity contribution in [3.8, 4) is 5.88 Å². The van der Waals surface area contributed by atoms with Crippen LogP contribution in [-0.2, 0) is 6.54 Å². The molecule has 1 N–H and O–H groups in total. The number of piperazine rings is 1. The second kappa shape index (κ2) is 8.62. The molecule has 1 aromatic carbocycles. The van der Waals surface area contributed by atoms with Crippen LogP contribution in [0.25, 0.3) is 0 Å². The number of anilines is 1. The molecule has 7 heteroatoms. The lowest BCUT2D eigenvalue weighted by Gasteiger charge is -2.32. The van der Waals surface area contributed by atoms with Crippen molar-refractivity contribution in [1.82, 2.24) is 14.8 Å². The minimum absolute atomic E-state index is 0.248. The summed E-state index contributed by atoms with van der Waals surface area (Å²) in [7, 11) is 3.66. The van der Waals surface area contributed by atoms with Crippen LogP contribution < -0.4 is 10.1 Å². The smallest absolute Gasteiger partial charge is 0.261 e. The van der Waals surface area contributed by atoms with Gasteiger partial charge in [-0.15, -0.1) is 0 Å². The minimum Gasteiger partial charge on any atom is -0.480 e. The van der Waals surface area contributed by atoms with Crippen LogP contribution in [0.15, 0.2) is 41.0 Å². The predicted octanol–water partition coefficient (Wildman–Crippen LogP) is 2.85. The Hall–Kier alpha value is -1.96. The zero-order chi connectivity index (χ0) is 18.5. The van der Waals surface area contributed by atoms with Crippen LogP contribution >= 0.6 is 15.9 Å². The largest absolute Gasteiger partial charge is 0.480 e. The van der Waals surface area contributed by atoms with Gasteiger partial charge in [0, 0.05) is 49.1 Å². The van der Waals surface area contributed by atoms with E-state index in [0.29, 0.717) is 11.4 Å². The Bertz CT molecular complexity index is 759. The van der Waals surface area contributed by atoms with E-state index in [9.17, 15) is 4.79 Å². The fourth-order valence-electron chi connectivity index (χ4n) is 2.91. The molecule has 0 unspecified atom stereocenters. The number of benzene rings is 1. The van der Waals surface area contributed by atoms with Crippen molar-refractivity contribution in [2.45, 2.75) is 6.54 Å². The number of carbonyl (C=O) groups is 1. The minimum atomic E-state index is -0.248. The van der Waals surface area contributed by atoms with Crippen LogP contribution in [0, 0.1) is 0 Å². The molecule has 26 heavy (non-hydrogen) atoms. The fourth-order valence-corrected chi connectivity index (χ4v) is 3.24. The lowest BCUT2D eigenvalue weighted by Crippen LogP contribution is -2.43. The van der Waals surface area contributed by atoms with E-state index in [4.69, 9.17) is 4.74 Å². The topological polar surface area (TPSA) is 57.7 Å². The zero-order valence-corrected chi connectivity index (χ0v) is 16.6. The molecule has 0 bridgehead atoms. The van der Waals surface area contributed by atoms with E-state index in [-0.39, 0.29) is 5.91 Å². The molecule has 0 aliphatic carbocycles. The summed E-state index contributed by atoms with van der Waals surface area (Å²) in [5.41, 5.74) is 2.39. The molecule has 3 rings (SSSR count). The van der Waals surface area contributed by atoms with Crippen LogP contribution in [-0.4, -0.2) is 61.0 Å². The van der Waals surface area contributed by atoms with Gasteiger partial charge in [0.15, 0.2) is 0 Å². The number of nitrogens with zero attached hydrogens (tertiary/aromatic N) is 3. The third kappa shape index (κ3) is 4.81. The summed E-state index contributed by atoms with van der Waals surface area (Å²) >= 11 is 3.33. The van der Waals surface area contributed by atoms with Gasteiger partial charge in [0.2, 0.25) is 5.88 Å². The molecule has 1 amide bonds. The molecular formula is C19H23BrN4O2. The molecule has 1 saturated heterocycles. The number of nitrogens with one attached hydrogen (secondary N) is 1. The predicted molar refractivity (Wildman–Crippen MR) is 106 cm³/mol. The van der Waals surface area contributed by atoms with Crippen molar-refractivity contribution < 1.29 is 9.53 Å². The van der Waals surface area contributed by atoms with Crippen LogP contribution in [0.2, 0.25) is 0 Å². The molecule has 1 aliphatic rings. The number of ether oxygens (including phenoxy) is 1. The summed E-state index contributed by atoms with van der Waals surface area (Å²) in [4.78, 5) is 21.4. The van der Waals surface area contributed by atoms with Gasteiger partial charge in [-0.3, -0.25) is 9.69 Å². The zero-order valence-electron chi connectivity index (χ0n) is 15.0. The van der Waals surface area contributed by atoms with Crippen LogP contribution in [0.4, 0.5) is 5.69 Å². The molecule has 1 aromatic heterocycles. The average molecular weight is 419 g/mol. The van der Waals surface area contributed by atoms with Gasteiger partial charge in [-0.05, 0) is 46.7 Å². The number of hydrogen-bond acceptors (Lipinski definition) is 5. The molecule has 0 atom stereocenters. The Labute approximate surface area is 162 Å². The Kier molecular flexibility index (Phi) is 6.24. The molecule has 6 nitrogen and oxygen atoms in total. The number of aromatic nitrogens is 1. The second-order valence-electron chi connectivity index (χ2n) is 6.44. The molecule has 138 valence electrons. The summed E-state index contributed by atoms with van der Waals surface area (Å²) in [6.07, 6.45) is 1.60. The Morgan fingerprint density at radius 3 is 2.58 bits per heavy atom. The van der Waals surface area contributed by atoms with E-state index >= 15 is 0 Å². The maximum atomic E-state index is 12.5. The van der Waals surface area contributed by atoms with E-state index in [2.05, 4.69) is 55.2 Å². The lowest BCUT2D eigenvalue weighted by molar-refractivity contribution is 0.102. The van der Waals surface area contributed by atoms with Gasteiger partial charge in [0.1, 0.15) is 5.56 Å². The summed E-state index contributed by atoms with van der Waals surface area (Å²) in [6.45, 7) is 5.33. The number of likely N-dealkylation sites (N-methyl/N-ethyl adjacent to an activating group) is 1. The SMILES string of the molecule is COc1ncc(Br)cc1C(=O)Nc1ccc(CN2CCN(C)CC2)cc1. The first kappa shape index (κ1) is 18.8. The summed E-state index contributed by atoms with van der Waals surface area (Å²) in [6, 6.07) is 9.68. The van der Waals surface area contributed by atoms with E-state index in [1.54, 1.807) is 12.3 Å². The number of carbonyl (C=O) groups excluding carboxylic acids is 1. The quantitative estimate of drug-likeness (QED) is 0.808. The van der Waals surface area contributed by atoms with Gasteiger partial charge < -0.3 is 15.0 Å². The van der Waals surface area contributed by atoms with Crippen molar-refractivity contribution in [3.05, 3.63) is 52.1 Å². The number of hydrogen-bond donors (Lipinski definition) is 1. The molecule has 1 fully saturated rings. The highest BCUT2D eigenvalue weighted by molar-refractivity contribution is 9.10. The standard InChI is InChI=1S/C19H23BrN4O2/c1-23-7-9-24(10-8-23)13-14-3-5-16(6-4-14)22-18(25)17-11-15(20)12-21-19(17)26-2/h3-6,11-12H,7-10,13H2,1-2H3,(H,22,25). The summed E-state index contributed by atoms with van der Waals surface area (Å²) in [5.74, 6) is 0.0554. The number of methoxy groups -OCH3 is 1. The normalized spacial score (nSPS) is 15.7. The highest BCUT2D eigenvalue weighted by Crippen LogP contribution is 2.21. The molecule has 0 radical (unpaired) electrons. The van der Waals surface area contributed by atoms with E-state index in [0.717, 1.165) is 42.9 Å². The monoisotopic (exact) mass is 418 g/mol. The number of halogens is 1. The van der Waals surface area contributed by atoms with Gasteiger partial charge in [-0.2, -0.15) is 0 Å². The van der Waals surface area contributed by atoms with Crippen molar-refractivity contribution in [2.24, 2.45) is 0 Å². The molecule has 2 heterocycles. The maximum Gasteiger partial charge on any atom is 0.261 e. The lowest BCUT2D eigenvalue weighted by atomic mass is 10.1. The highest BCUT2D eigenvalue weighted by atomic mass is 79.9. The van der Waals surface area contributed by atoms with E-state index in [1.165, 1.54) is 12.7 Å². The van der Waals surface area contributed by atoms with Crippen molar-refractivity contribution >= 4 is 27.5 Å². The summed E-state index contributed by atoms with van der Waals surface area (Å²) < 4.78 is 5.90. The third-order valence-electron chi connectivity index (χ3n) is 4.47. The molecule has 1 aliphatic heterocycles. The number of pyridine rings is 1. The number of amides is 1. The molecule has 0 saturated carbocycles. The van der Waals surface area contributed by atoms with Crippen molar-refractivity contribution in [3.63, 3.8) is 0 Å². The van der Waals surface area contributed by atoms with Gasteiger partial charge in [0.25, 0.3) is 5.91 Å². The fraction of sp³-hybridized carbons (Fsp3) is 0.368. The highest BCUT2D eigenvalue weighted by Gasteiger charge is 2.16. The molecule has 0 spiro atoms. The first-order chi connectivity index (χ1) is 12.5. The molecular weight excluding hydrogens is 396 g/mol. The third-order valence-corrected chi connectivity index (χ3v) is 4.90. The van der Waals surface area contributed by atoms with Gasteiger partial charge in [0.05, 0.1) is 7.11 Å². The van der Waals surface area contributed by atoms with Crippen LogP contribution in [0.1, 0.15) is 15.9 Å². The van der Waals surface area contributed by atoms with Gasteiger partial charge in [-0.1, -0.05) is 12.1 Å². The average Bonchev–Trinajstić information content (AvgIpc) is 2.65. The number of rotatable bonds is 5. The van der Waals surface area contributed by atoms with Crippen molar-refractivity contribution in [1.29, 1.82) is 0 Å².